The zero-order chi connectivity index (χ0) is 13.0. The fourth-order valence-corrected chi connectivity index (χ4v) is 1.33. The Morgan fingerprint density at radius 3 is 2.89 bits per heavy atom. The summed E-state index contributed by atoms with van der Waals surface area (Å²) in [5.74, 6) is 0.217. The quantitative estimate of drug-likeness (QED) is 0.772. The van der Waals surface area contributed by atoms with Gasteiger partial charge in [-0.1, -0.05) is 0 Å². The van der Waals surface area contributed by atoms with E-state index in [1.54, 1.807) is 18.2 Å². The number of anilines is 2. The third-order valence-corrected chi connectivity index (χ3v) is 2.20. The van der Waals surface area contributed by atoms with Gasteiger partial charge in [-0.3, -0.25) is 10.1 Å². The molecule has 0 fully saturated rings. The Bertz CT molecular complexity index is 559. The van der Waals surface area contributed by atoms with Crippen molar-refractivity contribution in [3.05, 3.63) is 36.2 Å². The molecule has 1 heterocycles. The Balaban J connectivity index is 2.19. The van der Waals surface area contributed by atoms with Crippen LogP contribution < -0.4 is 15.8 Å². The van der Waals surface area contributed by atoms with Gasteiger partial charge in [0, 0.05) is 5.56 Å². The minimum atomic E-state index is -0.360. The molecule has 0 aliphatic heterocycles. The van der Waals surface area contributed by atoms with E-state index in [1.165, 1.54) is 19.5 Å². The second-order valence-corrected chi connectivity index (χ2v) is 3.38. The van der Waals surface area contributed by atoms with Gasteiger partial charge in [-0.25, -0.2) is 4.98 Å². The van der Waals surface area contributed by atoms with E-state index in [0.717, 1.165) is 0 Å². The van der Waals surface area contributed by atoms with Crippen molar-refractivity contribution in [2.45, 2.75) is 0 Å². The van der Waals surface area contributed by atoms with E-state index < -0.39 is 0 Å². The number of rotatable bonds is 3. The number of nitrogens with two attached hydrogens (primary N) is 1. The highest BCUT2D eigenvalue weighted by molar-refractivity contribution is 6.03. The lowest BCUT2D eigenvalue weighted by Gasteiger charge is -2.07. The summed E-state index contributed by atoms with van der Waals surface area (Å²) >= 11 is 0. The monoisotopic (exact) mass is 245 g/mol. The molecular formula is C11H11N5O2. The van der Waals surface area contributed by atoms with Crippen molar-refractivity contribution in [2.75, 3.05) is 18.2 Å². The summed E-state index contributed by atoms with van der Waals surface area (Å²) in [6.45, 7) is 0. The molecule has 7 nitrogen and oxygen atoms in total. The summed E-state index contributed by atoms with van der Waals surface area (Å²) in [7, 11) is 1.48. The second kappa shape index (κ2) is 5.09. The number of ether oxygens (including phenoxy) is 1. The van der Waals surface area contributed by atoms with Crippen LogP contribution in [0.1, 0.15) is 10.4 Å². The van der Waals surface area contributed by atoms with Crippen LogP contribution in [0.3, 0.4) is 0 Å². The Hall–Kier alpha value is -2.70. The van der Waals surface area contributed by atoms with Gasteiger partial charge in [0.05, 0.1) is 25.2 Å². The molecule has 2 aromatic rings. The average Bonchev–Trinajstić information content (AvgIpc) is 2.40. The molecule has 3 N–H and O–H groups in total. The number of nitrogens with one attached hydrogen (secondary N) is 1. The first-order valence-corrected chi connectivity index (χ1v) is 5.09. The van der Waals surface area contributed by atoms with E-state index in [4.69, 9.17) is 10.5 Å². The molecule has 1 aromatic carbocycles. The summed E-state index contributed by atoms with van der Waals surface area (Å²) in [4.78, 5) is 15.7. The molecule has 18 heavy (non-hydrogen) atoms. The highest BCUT2D eigenvalue weighted by atomic mass is 16.5. The van der Waals surface area contributed by atoms with E-state index in [9.17, 15) is 4.79 Å². The van der Waals surface area contributed by atoms with Crippen LogP contribution in [0.15, 0.2) is 30.6 Å². The molecule has 2 rings (SSSR count). The fourth-order valence-electron chi connectivity index (χ4n) is 1.33. The Labute approximate surface area is 103 Å². The molecule has 0 saturated carbocycles. The molecule has 7 heteroatoms. The molecule has 0 aliphatic carbocycles. The summed E-state index contributed by atoms with van der Waals surface area (Å²) in [6, 6.07) is 4.72. The predicted molar refractivity (Wildman–Crippen MR) is 65.2 cm³/mol. The maximum absolute atomic E-state index is 11.9. The average molecular weight is 245 g/mol. The van der Waals surface area contributed by atoms with Gasteiger partial charge in [0.1, 0.15) is 5.75 Å². The first-order chi connectivity index (χ1) is 8.70. The number of amides is 1. The minimum absolute atomic E-state index is 0.137. The summed E-state index contributed by atoms with van der Waals surface area (Å²) in [6.07, 6.45) is 2.86. The first-order valence-electron chi connectivity index (χ1n) is 5.09. The van der Waals surface area contributed by atoms with Crippen LogP contribution >= 0.6 is 0 Å². The maximum atomic E-state index is 11.9. The predicted octanol–water partition coefficient (Wildman–Crippen LogP) is 0.715. The summed E-state index contributed by atoms with van der Waals surface area (Å²) < 4.78 is 5.04. The smallest absolute Gasteiger partial charge is 0.258 e. The molecule has 0 spiro atoms. The lowest BCUT2D eigenvalue weighted by atomic mass is 10.2. The van der Waals surface area contributed by atoms with Gasteiger partial charge in [0.2, 0.25) is 5.95 Å². The summed E-state index contributed by atoms with van der Waals surface area (Å²) in [5.41, 5.74) is 6.52. The molecule has 0 bridgehead atoms. The molecule has 0 radical (unpaired) electrons. The lowest BCUT2D eigenvalue weighted by Crippen LogP contribution is -2.14. The van der Waals surface area contributed by atoms with Crippen LogP contribution in [0.4, 0.5) is 11.6 Å². The standard InChI is InChI=1S/C11H11N5O2/c1-18-9-6-7(2-3-8(9)12)10(17)15-11-13-4-5-14-16-11/h2-6H,12H2,1H3,(H,13,15,16,17). The molecular weight excluding hydrogens is 234 g/mol. The zero-order valence-electron chi connectivity index (χ0n) is 9.62. The van der Waals surface area contributed by atoms with E-state index in [1.807, 2.05) is 0 Å². The van der Waals surface area contributed by atoms with Crippen LogP contribution in [-0.2, 0) is 0 Å². The van der Waals surface area contributed by atoms with Crippen LogP contribution in [0, 0.1) is 0 Å². The normalized spacial score (nSPS) is 9.83. The Morgan fingerprint density at radius 2 is 2.22 bits per heavy atom. The molecule has 1 aromatic heterocycles. The lowest BCUT2D eigenvalue weighted by molar-refractivity contribution is 0.102. The van der Waals surface area contributed by atoms with Gasteiger partial charge < -0.3 is 10.5 Å². The number of nitrogens with zero attached hydrogens (tertiary/aromatic N) is 3. The van der Waals surface area contributed by atoms with Gasteiger partial charge in [0.15, 0.2) is 0 Å². The van der Waals surface area contributed by atoms with Gasteiger partial charge in [-0.2, -0.15) is 5.10 Å². The maximum Gasteiger partial charge on any atom is 0.258 e. The third-order valence-electron chi connectivity index (χ3n) is 2.20. The van der Waals surface area contributed by atoms with E-state index in [-0.39, 0.29) is 11.9 Å². The molecule has 0 unspecified atom stereocenters. The van der Waals surface area contributed by atoms with Crippen molar-refractivity contribution in [1.82, 2.24) is 15.2 Å². The van der Waals surface area contributed by atoms with Crippen molar-refractivity contribution in [3.8, 4) is 5.75 Å². The third kappa shape index (κ3) is 2.51. The number of aromatic nitrogens is 3. The van der Waals surface area contributed by atoms with E-state index in [2.05, 4.69) is 20.5 Å². The molecule has 92 valence electrons. The van der Waals surface area contributed by atoms with Crippen LogP contribution in [-0.4, -0.2) is 28.2 Å². The van der Waals surface area contributed by atoms with Gasteiger partial charge in [-0.15, -0.1) is 5.10 Å². The Kier molecular flexibility index (Phi) is 3.33. The summed E-state index contributed by atoms with van der Waals surface area (Å²) in [5, 5.41) is 9.77. The van der Waals surface area contributed by atoms with Gasteiger partial charge in [-0.05, 0) is 18.2 Å². The fraction of sp³-hybridized carbons (Fsp3) is 0.0909. The number of hydrogen-bond donors (Lipinski definition) is 2. The van der Waals surface area contributed by atoms with Crippen molar-refractivity contribution < 1.29 is 9.53 Å². The molecule has 0 saturated heterocycles. The van der Waals surface area contributed by atoms with Gasteiger partial charge in [0.25, 0.3) is 5.91 Å². The molecule has 1 amide bonds. The number of nitrogen functional groups attached to an aromatic ring is 1. The Morgan fingerprint density at radius 1 is 1.39 bits per heavy atom. The number of benzene rings is 1. The van der Waals surface area contributed by atoms with Gasteiger partial charge >= 0.3 is 0 Å². The number of methoxy groups -OCH3 is 1. The SMILES string of the molecule is COc1cc(C(=O)Nc2nccnn2)ccc1N. The number of carbonyl (C=O) groups is 1. The van der Waals surface area contributed by atoms with Crippen LogP contribution in [0.25, 0.3) is 0 Å². The molecule has 0 atom stereocenters. The number of hydrogen-bond acceptors (Lipinski definition) is 6. The highest BCUT2D eigenvalue weighted by Crippen LogP contribution is 2.22. The van der Waals surface area contributed by atoms with Crippen molar-refractivity contribution in [2.24, 2.45) is 0 Å². The van der Waals surface area contributed by atoms with Crippen molar-refractivity contribution >= 4 is 17.5 Å². The minimum Gasteiger partial charge on any atom is -0.495 e. The largest absolute Gasteiger partial charge is 0.495 e. The second-order valence-electron chi connectivity index (χ2n) is 3.38. The van der Waals surface area contributed by atoms with Crippen molar-refractivity contribution in [3.63, 3.8) is 0 Å². The van der Waals surface area contributed by atoms with E-state index in [0.29, 0.717) is 17.0 Å². The van der Waals surface area contributed by atoms with E-state index >= 15 is 0 Å². The van der Waals surface area contributed by atoms with Crippen molar-refractivity contribution in [1.29, 1.82) is 0 Å². The highest BCUT2D eigenvalue weighted by Gasteiger charge is 2.10. The topological polar surface area (TPSA) is 103 Å². The number of carbonyl (C=O) groups excluding carboxylic acids is 1. The first kappa shape index (κ1) is 11.8. The van der Waals surface area contributed by atoms with Crippen LogP contribution in [0.2, 0.25) is 0 Å². The van der Waals surface area contributed by atoms with Crippen LogP contribution in [0.5, 0.6) is 5.75 Å². The molecule has 0 aliphatic rings. The zero-order valence-corrected chi connectivity index (χ0v) is 9.62.